The van der Waals surface area contributed by atoms with Crippen molar-refractivity contribution < 1.29 is 28.7 Å². The molecule has 0 unspecified atom stereocenters. The number of rotatable bonds is 7. The summed E-state index contributed by atoms with van der Waals surface area (Å²) in [4.78, 5) is 53.5. The zero-order chi connectivity index (χ0) is 28.0. The molecule has 3 aromatic carbocycles. The maximum Gasteiger partial charge on any atom is 0.338 e. The maximum atomic E-state index is 13.6. The number of nitrogens with zero attached hydrogens (tertiary/aromatic N) is 1. The Balaban J connectivity index is 1.14. The van der Waals surface area contributed by atoms with E-state index in [4.69, 9.17) is 21.1 Å². The Hall–Kier alpha value is -4.17. The second-order valence-corrected chi connectivity index (χ2v) is 10.9. The molecule has 1 heterocycles. The van der Waals surface area contributed by atoms with Gasteiger partial charge in [-0.05, 0) is 72.6 Å². The topological polar surface area (TPSA) is 102 Å². The van der Waals surface area contributed by atoms with Crippen molar-refractivity contribution >= 4 is 46.7 Å². The lowest BCUT2D eigenvalue weighted by Gasteiger charge is -2.28. The number of esters is 1. The van der Waals surface area contributed by atoms with E-state index >= 15 is 0 Å². The SMILES string of the molecule is COc1ccc(Cl)cc1NC(=O)COC(=O)c1cccc(N2C(=O)[C@@H]3[C@@H]4C[C@@H]([C@@H]3C2=O)[C@@H](c2ccccc2)C4)c1. The van der Waals surface area contributed by atoms with Crippen LogP contribution in [0.4, 0.5) is 11.4 Å². The van der Waals surface area contributed by atoms with Gasteiger partial charge in [-0.25, -0.2) is 4.79 Å². The number of halogens is 1. The van der Waals surface area contributed by atoms with Crippen molar-refractivity contribution in [3.63, 3.8) is 0 Å². The monoisotopic (exact) mass is 558 g/mol. The summed E-state index contributed by atoms with van der Waals surface area (Å²) in [5.74, 6) is -1.43. The minimum Gasteiger partial charge on any atom is -0.495 e. The van der Waals surface area contributed by atoms with Crippen LogP contribution in [0.5, 0.6) is 5.75 Å². The highest BCUT2D eigenvalue weighted by Crippen LogP contribution is 2.61. The van der Waals surface area contributed by atoms with E-state index < -0.39 is 18.5 Å². The summed E-state index contributed by atoms with van der Waals surface area (Å²) in [6.07, 6.45) is 1.79. The van der Waals surface area contributed by atoms with Crippen LogP contribution >= 0.6 is 11.6 Å². The Morgan fingerprint density at radius 3 is 2.50 bits per heavy atom. The first-order valence-electron chi connectivity index (χ1n) is 13.2. The average molecular weight is 559 g/mol. The van der Waals surface area contributed by atoms with Gasteiger partial charge in [-0.1, -0.05) is 48.0 Å². The number of carbonyl (C=O) groups excluding carboxylic acids is 4. The van der Waals surface area contributed by atoms with Gasteiger partial charge in [0.15, 0.2) is 6.61 Å². The Morgan fingerprint density at radius 1 is 0.950 bits per heavy atom. The van der Waals surface area contributed by atoms with Gasteiger partial charge in [0, 0.05) is 5.02 Å². The molecule has 9 heteroatoms. The van der Waals surface area contributed by atoms with Crippen LogP contribution in [-0.4, -0.2) is 37.4 Å². The van der Waals surface area contributed by atoms with E-state index in [1.54, 1.807) is 24.3 Å². The van der Waals surface area contributed by atoms with Crippen molar-refractivity contribution in [3.05, 3.63) is 88.9 Å². The zero-order valence-electron chi connectivity index (χ0n) is 21.7. The normalized spacial score (nSPS) is 24.6. The number of benzene rings is 3. The molecule has 0 radical (unpaired) electrons. The van der Waals surface area contributed by atoms with E-state index in [2.05, 4.69) is 17.4 Å². The van der Waals surface area contributed by atoms with E-state index in [0.717, 1.165) is 12.8 Å². The predicted molar refractivity (Wildman–Crippen MR) is 148 cm³/mol. The Bertz CT molecular complexity index is 1510. The van der Waals surface area contributed by atoms with Gasteiger partial charge in [0.1, 0.15) is 5.75 Å². The Morgan fingerprint density at radius 2 is 1.73 bits per heavy atom. The van der Waals surface area contributed by atoms with E-state index in [0.29, 0.717) is 22.1 Å². The van der Waals surface area contributed by atoms with Crippen LogP contribution in [0.1, 0.15) is 34.7 Å². The largest absolute Gasteiger partial charge is 0.495 e. The molecule has 40 heavy (non-hydrogen) atoms. The van der Waals surface area contributed by atoms with Crippen molar-refractivity contribution in [3.8, 4) is 5.75 Å². The molecule has 2 bridgehead atoms. The number of ether oxygens (including phenoxy) is 2. The number of hydrogen-bond acceptors (Lipinski definition) is 6. The van der Waals surface area contributed by atoms with Crippen molar-refractivity contribution in [1.29, 1.82) is 0 Å². The molecule has 204 valence electrons. The number of nitrogens with one attached hydrogen (secondary N) is 1. The summed E-state index contributed by atoms with van der Waals surface area (Å²) in [6.45, 7) is -0.547. The highest BCUT2D eigenvalue weighted by Gasteiger charge is 2.64. The van der Waals surface area contributed by atoms with Gasteiger partial charge < -0.3 is 14.8 Å². The molecule has 3 amide bonds. The minimum absolute atomic E-state index is 0.128. The fraction of sp³-hybridized carbons (Fsp3) is 0.290. The summed E-state index contributed by atoms with van der Waals surface area (Å²) in [7, 11) is 1.46. The molecule has 1 aliphatic heterocycles. The molecule has 3 aliphatic rings. The minimum atomic E-state index is -0.751. The van der Waals surface area contributed by atoms with Crippen molar-refractivity contribution in [1.82, 2.24) is 0 Å². The molecule has 6 rings (SSSR count). The third kappa shape index (κ3) is 4.52. The van der Waals surface area contributed by atoms with E-state index in [1.165, 1.54) is 35.8 Å². The number of imide groups is 1. The first-order chi connectivity index (χ1) is 19.4. The van der Waals surface area contributed by atoms with Gasteiger partial charge in [-0.3, -0.25) is 19.3 Å². The molecule has 0 aromatic heterocycles. The lowest BCUT2D eigenvalue weighted by molar-refractivity contribution is -0.123. The molecule has 1 N–H and O–H groups in total. The number of amides is 3. The zero-order valence-corrected chi connectivity index (χ0v) is 22.5. The Kier molecular flexibility index (Phi) is 6.80. The smallest absolute Gasteiger partial charge is 0.338 e. The molecule has 2 saturated carbocycles. The first-order valence-corrected chi connectivity index (χ1v) is 13.6. The van der Waals surface area contributed by atoms with Crippen LogP contribution in [0.25, 0.3) is 0 Å². The van der Waals surface area contributed by atoms with Crippen molar-refractivity contribution in [2.75, 3.05) is 23.9 Å². The first kappa shape index (κ1) is 26.1. The summed E-state index contributed by atoms with van der Waals surface area (Å²) < 4.78 is 10.4. The fourth-order valence-electron chi connectivity index (χ4n) is 6.75. The standard InChI is InChI=1S/C31H27ClN2O6/c1-39-25-11-10-20(32)15-24(25)33-26(35)16-40-31(38)18-8-5-9-21(12-18)34-29(36)27-19-13-22(17-6-3-2-4-7-17)23(14-19)28(27)30(34)37/h2-12,15,19,22-23,27-28H,13-14,16H2,1H3,(H,33,35)/t19-,22+,23+,27+,28-/m0/s1. The fourth-order valence-corrected chi connectivity index (χ4v) is 6.92. The summed E-state index contributed by atoms with van der Waals surface area (Å²) in [5, 5.41) is 3.01. The highest BCUT2D eigenvalue weighted by atomic mass is 35.5. The molecular weight excluding hydrogens is 532 g/mol. The van der Waals surface area contributed by atoms with Crippen LogP contribution in [0, 0.1) is 23.7 Å². The maximum absolute atomic E-state index is 13.6. The van der Waals surface area contributed by atoms with Gasteiger partial charge in [0.2, 0.25) is 11.8 Å². The molecule has 1 saturated heterocycles. The van der Waals surface area contributed by atoms with Gasteiger partial charge in [-0.15, -0.1) is 0 Å². The lowest BCUT2D eigenvalue weighted by Crippen LogP contribution is -2.33. The van der Waals surface area contributed by atoms with Crippen molar-refractivity contribution in [2.45, 2.75) is 18.8 Å². The van der Waals surface area contributed by atoms with Gasteiger partial charge >= 0.3 is 5.97 Å². The molecular formula is C31H27ClN2O6. The van der Waals surface area contributed by atoms with Gasteiger partial charge in [0.05, 0.1) is 35.9 Å². The van der Waals surface area contributed by atoms with Crippen LogP contribution in [0.3, 0.4) is 0 Å². The number of carbonyl (C=O) groups is 4. The third-order valence-electron chi connectivity index (χ3n) is 8.35. The average Bonchev–Trinajstić information content (AvgIpc) is 3.63. The Labute approximate surface area is 236 Å². The summed E-state index contributed by atoms with van der Waals surface area (Å²) >= 11 is 6.00. The summed E-state index contributed by atoms with van der Waals surface area (Å²) in [5.41, 5.74) is 2.03. The van der Waals surface area contributed by atoms with Crippen LogP contribution < -0.4 is 15.0 Å². The molecule has 8 nitrogen and oxygen atoms in total. The number of fused-ring (bicyclic) bond motifs is 5. The van der Waals surface area contributed by atoms with E-state index in [1.807, 2.05) is 18.2 Å². The molecule has 0 spiro atoms. The highest BCUT2D eigenvalue weighted by molar-refractivity contribution is 6.31. The number of anilines is 2. The second-order valence-electron chi connectivity index (χ2n) is 10.5. The number of methoxy groups -OCH3 is 1. The van der Waals surface area contributed by atoms with Gasteiger partial charge in [-0.2, -0.15) is 0 Å². The quantitative estimate of drug-likeness (QED) is 0.321. The molecule has 3 aromatic rings. The van der Waals surface area contributed by atoms with Crippen molar-refractivity contribution in [2.24, 2.45) is 23.7 Å². The summed E-state index contributed by atoms with van der Waals surface area (Å²) in [6, 6.07) is 21.2. The van der Waals surface area contributed by atoms with Gasteiger partial charge in [0.25, 0.3) is 5.91 Å². The predicted octanol–water partition coefficient (Wildman–Crippen LogP) is 5.07. The lowest BCUT2D eigenvalue weighted by atomic mass is 9.73. The van der Waals surface area contributed by atoms with Crippen LogP contribution in [0.15, 0.2) is 72.8 Å². The number of hydrogen-bond donors (Lipinski definition) is 1. The van der Waals surface area contributed by atoms with Crippen LogP contribution in [-0.2, 0) is 19.1 Å². The third-order valence-corrected chi connectivity index (χ3v) is 8.59. The molecule has 3 fully saturated rings. The molecule has 5 atom stereocenters. The van der Waals surface area contributed by atoms with Crippen LogP contribution in [0.2, 0.25) is 5.02 Å². The molecule has 2 aliphatic carbocycles. The second kappa shape index (κ2) is 10.4. The van der Waals surface area contributed by atoms with E-state index in [-0.39, 0.29) is 47.0 Å². The van der Waals surface area contributed by atoms with E-state index in [9.17, 15) is 19.2 Å².